The number of pyridine rings is 1. The van der Waals surface area contributed by atoms with Crippen molar-refractivity contribution in [2.45, 2.75) is 0 Å². The molecule has 0 saturated carbocycles. The zero-order valence-corrected chi connectivity index (χ0v) is 14.8. The van der Waals surface area contributed by atoms with Gasteiger partial charge >= 0.3 is 0 Å². The molecule has 0 aliphatic heterocycles. The van der Waals surface area contributed by atoms with Gasteiger partial charge in [-0.3, -0.25) is 4.79 Å². The van der Waals surface area contributed by atoms with Crippen molar-refractivity contribution >= 4 is 46.0 Å². The van der Waals surface area contributed by atoms with E-state index in [0.717, 1.165) is 5.56 Å². The van der Waals surface area contributed by atoms with Gasteiger partial charge in [0.1, 0.15) is 0 Å². The average molecular weight is 384 g/mol. The summed E-state index contributed by atoms with van der Waals surface area (Å²) in [6.07, 6.45) is 1.66. The first kappa shape index (κ1) is 16.6. The number of nitrogens with zero attached hydrogens (tertiary/aromatic N) is 2. The van der Waals surface area contributed by atoms with E-state index in [1.165, 1.54) is 6.07 Å². The number of aromatic nitrogens is 2. The zero-order valence-electron chi connectivity index (χ0n) is 13.2. The van der Waals surface area contributed by atoms with Crippen molar-refractivity contribution in [3.63, 3.8) is 0 Å². The first-order chi connectivity index (χ1) is 12.6. The van der Waals surface area contributed by atoms with Crippen molar-refractivity contribution in [3.05, 3.63) is 76.4 Å². The van der Waals surface area contributed by atoms with Gasteiger partial charge in [0.15, 0.2) is 11.2 Å². The van der Waals surface area contributed by atoms with E-state index in [1.807, 2.05) is 18.2 Å². The SMILES string of the molecule is O=C(Nc1ccc(-c2nc3ncccc3o2)cc1)c1ccc(Cl)cc1Cl. The summed E-state index contributed by atoms with van der Waals surface area (Å²) >= 11 is 11.9. The third-order valence-corrected chi connectivity index (χ3v) is 4.28. The third-order valence-electron chi connectivity index (χ3n) is 3.73. The molecule has 0 bridgehead atoms. The summed E-state index contributed by atoms with van der Waals surface area (Å²) in [4.78, 5) is 20.8. The number of carbonyl (C=O) groups is 1. The molecule has 2 heterocycles. The van der Waals surface area contributed by atoms with Crippen LogP contribution < -0.4 is 5.32 Å². The van der Waals surface area contributed by atoms with Crippen LogP contribution in [0.2, 0.25) is 10.0 Å². The lowest BCUT2D eigenvalue weighted by molar-refractivity contribution is 0.102. The predicted octanol–water partition coefficient (Wildman–Crippen LogP) is 5.45. The minimum Gasteiger partial charge on any atom is -0.434 e. The second kappa shape index (κ2) is 6.78. The Balaban J connectivity index is 1.55. The second-order valence-corrected chi connectivity index (χ2v) is 6.34. The van der Waals surface area contributed by atoms with E-state index in [-0.39, 0.29) is 5.91 Å². The third kappa shape index (κ3) is 3.27. The Hall–Kier alpha value is -2.89. The van der Waals surface area contributed by atoms with Gasteiger partial charge in [0.05, 0.1) is 10.6 Å². The van der Waals surface area contributed by atoms with Crippen LogP contribution in [-0.4, -0.2) is 15.9 Å². The van der Waals surface area contributed by atoms with Crippen LogP contribution in [0.15, 0.2) is 65.2 Å². The number of hydrogen-bond donors (Lipinski definition) is 1. The van der Waals surface area contributed by atoms with Crippen molar-refractivity contribution in [2.75, 3.05) is 5.32 Å². The van der Waals surface area contributed by atoms with E-state index >= 15 is 0 Å². The lowest BCUT2D eigenvalue weighted by Crippen LogP contribution is -2.12. The average Bonchev–Trinajstić information content (AvgIpc) is 3.06. The lowest BCUT2D eigenvalue weighted by Gasteiger charge is -2.07. The summed E-state index contributed by atoms with van der Waals surface area (Å²) in [5.74, 6) is 0.155. The summed E-state index contributed by atoms with van der Waals surface area (Å²) in [5, 5.41) is 3.57. The minimum atomic E-state index is -0.314. The van der Waals surface area contributed by atoms with Crippen LogP contribution >= 0.6 is 23.2 Å². The quantitative estimate of drug-likeness (QED) is 0.510. The maximum absolute atomic E-state index is 12.3. The highest BCUT2D eigenvalue weighted by Gasteiger charge is 2.12. The lowest BCUT2D eigenvalue weighted by atomic mass is 10.2. The minimum absolute atomic E-state index is 0.297. The molecule has 7 heteroatoms. The van der Waals surface area contributed by atoms with Gasteiger partial charge in [0, 0.05) is 22.5 Å². The summed E-state index contributed by atoms with van der Waals surface area (Å²) < 4.78 is 5.68. The van der Waals surface area contributed by atoms with Gasteiger partial charge in [0.2, 0.25) is 5.89 Å². The highest BCUT2D eigenvalue weighted by molar-refractivity contribution is 6.37. The van der Waals surface area contributed by atoms with Crippen molar-refractivity contribution < 1.29 is 9.21 Å². The van der Waals surface area contributed by atoms with Crippen LogP contribution in [0.4, 0.5) is 5.69 Å². The van der Waals surface area contributed by atoms with Gasteiger partial charge in [-0.05, 0) is 54.6 Å². The maximum atomic E-state index is 12.3. The number of carbonyl (C=O) groups excluding carboxylic acids is 1. The van der Waals surface area contributed by atoms with Crippen molar-refractivity contribution in [3.8, 4) is 11.5 Å². The van der Waals surface area contributed by atoms with E-state index in [4.69, 9.17) is 27.6 Å². The number of oxazole rings is 1. The number of benzene rings is 2. The fourth-order valence-electron chi connectivity index (χ4n) is 2.46. The van der Waals surface area contributed by atoms with Gasteiger partial charge in [-0.2, -0.15) is 4.98 Å². The molecule has 2 aromatic carbocycles. The largest absolute Gasteiger partial charge is 0.434 e. The van der Waals surface area contributed by atoms with Crippen molar-refractivity contribution in [1.82, 2.24) is 9.97 Å². The van der Waals surface area contributed by atoms with E-state index in [2.05, 4.69) is 15.3 Å². The Morgan fingerprint density at radius 3 is 2.58 bits per heavy atom. The summed E-state index contributed by atoms with van der Waals surface area (Å²) in [6, 6.07) is 15.5. The molecule has 26 heavy (non-hydrogen) atoms. The Morgan fingerprint density at radius 1 is 1.04 bits per heavy atom. The van der Waals surface area contributed by atoms with Gasteiger partial charge in [-0.25, -0.2) is 4.98 Å². The first-order valence-electron chi connectivity index (χ1n) is 7.68. The standard InChI is InChI=1S/C19H11Cl2N3O2/c20-12-5-8-14(15(21)10-12)18(25)23-13-6-3-11(4-7-13)19-24-17-16(26-19)2-1-9-22-17/h1-10H,(H,23,25). The fraction of sp³-hybridized carbons (Fsp3) is 0. The molecular weight excluding hydrogens is 373 g/mol. The van der Waals surface area contributed by atoms with Gasteiger partial charge in [-0.1, -0.05) is 23.2 Å². The maximum Gasteiger partial charge on any atom is 0.257 e. The molecule has 0 fully saturated rings. The Kier molecular flexibility index (Phi) is 4.32. The highest BCUT2D eigenvalue weighted by atomic mass is 35.5. The highest BCUT2D eigenvalue weighted by Crippen LogP contribution is 2.25. The molecule has 0 saturated heterocycles. The number of halogens is 2. The summed E-state index contributed by atoms with van der Waals surface area (Å²) in [7, 11) is 0. The second-order valence-electron chi connectivity index (χ2n) is 5.50. The van der Waals surface area contributed by atoms with Crippen LogP contribution in [0.5, 0.6) is 0 Å². The van der Waals surface area contributed by atoms with Crippen LogP contribution in [0.25, 0.3) is 22.7 Å². The molecule has 0 aliphatic rings. The molecule has 1 N–H and O–H groups in total. The Morgan fingerprint density at radius 2 is 1.85 bits per heavy atom. The van der Waals surface area contributed by atoms with E-state index in [0.29, 0.717) is 38.4 Å². The number of amides is 1. The number of anilines is 1. The number of rotatable bonds is 3. The van der Waals surface area contributed by atoms with Gasteiger partial charge in [0.25, 0.3) is 5.91 Å². The van der Waals surface area contributed by atoms with Crippen LogP contribution in [0.3, 0.4) is 0 Å². The molecule has 0 unspecified atom stereocenters. The molecule has 5 nitrogen and oxygen atoms in total. The molecule has 2 aromatic heterocycles. The molecule has 0 aliphatic carbocycles. The van der Waals surface area contributed by atoms with Gasteiger partial charge in [-0.15, -0.1) is 0 Å². The van der Waals surface area contributed by atoms with E-state index in [9.17, 15) is 4.79 Å². The summed E-state index contributed by atoms with van der Waals surface area (Å²) in [5.41, 5.74) is 2.93. The smallest absolute Gasteiger partial charge is 0.257 e. The Bertz CT molecular complexity index is 1070. The molecule has 128 valence electrons. The van der Waals surface area contributed by atoms with Crippen LogP contribution in [0, 0.1) is 0 Å². The summed E-state index contributed by atoms with van der Waals surface area (Å²) in [6.45, 7) is 0. The zero-order chi connectivity index (χ0) is 18.1. The molecule has 4 rings (SSSR count). The molecular formula is C19H11Cl2N3O2. The van der Waals surface area contributed by atoms with Crippen LogP contribution in [0.1, 0.15) is 10.4 Å². The van der Waals surface area contributed by atoms with E-state index in [1.54, 1.807) is 36.5 Å². The monoisotopic (exact) mass is 383 g/mol. The molecule has 0 atom stereocenters. The number of hydrogen-bond acceptors (Lipinski definition) is 4. The molecule has 0 radical (unpaired) electrons. The topological polar surface area (TPSA) is 68.0 Å². The predicted molar refractivity (Wildman–Crippen MR) is 102 cm³/mol. The first-order valence-corrected chi connectivity index (χ1v) is 8.44. The Labute approximate surface area is 158 Å². The van der Waals surface area contributed by atoms with Gasteiger partial charge < -0.3 is 9.73 Å². The molecule has 4 aromatic rings. The van der Waals surface area contributed by atoms with Crippen molar-refractivity contribution in [1.29, 1.82) is 0 Å². The van der Waals surface area contributed by atoms with Crippen LogP contribution in [-0.2, 0) is 0 Å². The number of nitrogens with one attached hydrogen (secondary N) is 1. The van der Waals surface area contributed by atoms with Crippen molar-refractivity contribution in [2.24, 2.45) is 0 Å². The molecule has 0 spiro atoms. The fourth-order valence-corrected chi connectivity index (χ4v) is 2.95. The normalized spacial score (nSPS) is 10.8. The van der Waals surface area contributed by atoms with E-state index < -0.39 is 0 Å². The molecule has 1 amide bonds. The number of fused-ring (bicyclic) bond motifs is 1.